The lowest BCUT2D eigenvalue weighted by atomic mass is 9.96. The molecule has 1 saturated heterocycles. The van der Waals surface area contributed by atoms with Crippen LogP contribution >= 0.6 is 0 Å². The molecule has 0 radical (unpaired) electrons. The van der Waals surface area contributed by atoms with Gasteiger partial charge in [-0.15, -0.1) is 0 Å². The van der Waals surface area contributed by atoms with Gasteiger partial charge >= 0.3 is 5.97 Å². The van der Waals surface area contributed by atoms with Crippen molar-refractivity contribution in [2.45, 2.75) is 13.8 Å². The Bertz CT molecular complexity index is 520. The summed E-state index contributed by atoms with van der Waals surface area (Å²) in [7, 11) is 0. The fourth-order valence-electron chi connectivity index (χ4n) is 2.39. The molecule has 1 fully saturated rings. The van der Waals surface area contributed by atoms with Gasteiger partial charge in [-0.25, -0.2) is 4.79 Å². The lowest BCUT2D eigenvalue weighted by molar-refractivity contribution is 0.0668. The normalized spacial score (nSPS) is 15.4. The van der Waals surface area contributed by atoms with Crippen molar-refractivity contribution < 1.29 is 14.7 Å². The van der Waals surface area contributed by atoms with E-state index in [2.05, 4.69) is 5.32 Å². The molecule has 0 bridgehead atoms. The SMILES string of the molecule is Cc1ccc(C)c(C(=O)N2CCNCC2)c1C(=O)O. The number of carbonyl (C=O) groups is 2. The number of piperazine rings is 1. The monoisotopic (exact) mass is 262 g/mol. The van der Waals surface area contributed by atoms with Crippen molar-refractivity contribution in [1.29, 1.82) is 0 Å². The molecule has 1 aromatic rings. The summed E-state index contributed by atoms with van der Waals surface area (Å²) in [6.07, 6.45) is 0. The minimum Gasteiger partial charge on any atom is -0.478 e. The zero-order chi connectivity index (χ0) is 14.0. The fraction of sp³-hybridized carbons (Fsp3) is 0.429. The number of carboxylic acid groups (broad SMARTS) is 1. The predicted molar refractivity (Wildman–Crippen MR) is 71.6 cm³/mol. The molecule has 1 heterocycles. The van der Waals surface area contributed by atoms with Gasteiger partial charge in [0.15, 0.2) is 0 Å². The van der Waals surface area contributed by atoms with E-state index in [-0.39, 0.29) is 11.5 Å². The highest BCUT2D eigenvalue weighted by atomic mass is 16.4. The molecule has 5 heteroatoms. The number of rotatable bonds is 2. The molecule has 5 nitrogen and oxygen atoms in total. The molecule has 0 saturated carbocycles. The van der Waals surface area contributed by atoms with Crippen molar-refractivity contribution in [2.75, 3.05) is 26.2 Å². The van der Waals surface area contributed by atoms with Gasteiger partial charge in [-0.05, 0) is 25.0 Å². The Morgan fingerprint density at radius 3 is 2.16 bits per heavy atom. The average molecular weight is 262 g/mol. The van der Waals surface area contributed by atoms with Gasteiger partial charge < -0.3 is 15.3 Å². The number of nitrogens with one attached hydrogen (secondary N) is 1. The smallest absolute Gasteiger partial charge is 0.336 e. The van der Waals surface area contributed by atoms with E-state index in [0.717, 1.165) is 13.1 Å². The third kappa shape index (κ3) is 2.61. The van der Waals surface area contributed by atoms with Crippen LogP contribution < -0.4 is 5.32 Å². The van der Waals surface area contributed by atoms with Crippen LogP contribution in [0.4, 0.5) is 0 Å². The number of hydrogen-bond donors (Lipinski definition) is 2. The summed E-state index contributed by atoms with van der Waals surface area (Å²) in [6, 6.07) is 3.55. The van der Waals surface area contributed by atoms with Crippen molar-refractivity contribution in [3.8, 4) is 0 Å². The van der Waals surface area contributed by atoms with Crippen LogP contribution in [-0.2, 0) is 0 Å². The van der Waals surface area contributed by atoms with Crippen molar-refractivity contribution in [2.24, 2.45) is 0 Å². The summed E-state index contributed by atoms with van der Waals surface area (Å²) in [5.41, 5.74) is 1.79. The van der Waals surface area contributed by atoms with Crippen LogP contribution in [0.3, 0.4) is 0 Å². The van der Waals surface area contributed by atoms with E-state index in [1.807, 2.05) is 0 Å². The second kappa shape index (κ2) is 5.40. The van der Waals surface area contributed by atoms with E-state index in [1.165, 1.54) is 0 Å². The largest absolute Gasteiger partial charge is 0.478 e. The number of aryl methyl sites for hydroxylation is 2. The average Bonchev–Trinajstić information content (AvgIpc) is 2.41. The zero-order valence-electron chi connectivity index (χ0n) is 11.2. The first kappa shape index (κ1) is 13.5. The summed E-state index contributed by atoms with van der Waals surface area (Å²) >= 11 is 0. The molecule has 0 aromatic heterocycles. The molecule has 2 N–H and O–H groups in total. The van der Waals surface area contributed by atoms with Crippen LogP contribution in [-0.4, -0.2) is 48.1 Å². The Morgan fingerprint density at radius 1 is 1.11 bits per heavy atom. The summed E-state index contributed by atoms with van der Waals surface area (Å²) in [5, 5.41) is 12.5. The quantitative estimate of drug-likeness (QED) is 0.835. The zero-order valence-corrected chi connectivity index (χ0v) is 11.2. The molecular weight excluding hydrogens is 244 g/mol. The van der Waals surface area contributed by atoms with Crippen molar-refractivity contribution in [3.05, 3.63) is 34.4 Å². The third-order valence-corrected chi connectivity index (χ3v) is 3.45. The van der Waals surface area contributed by atoms with Crippen molar-refractivity contribution in [3.63, 3.8) is 0 Å². The lowest BCUT2D eigenvalue weighted by Crippen LogP contribution is -2.47. The summed E-state index contributed by atoms with van der Waals surface area (Å²) in [6.45, 7) is 6.23. The molecule has 102 valence electrons. The molecule has 0 unspecified atom stereocenters. The van der Waals surface area contributed by atoms with Gasteiger partial charge in [0.25, 0.3) is 5.91 Å². The van der Waals surface area contributed by atoms with E-state index in [9.17, 15) is 14.7 Å². The number of nitrogens with zero attached hydrogens (tertiary/aromatic N) is 1. The van der Waals surface area contributed by atoms with E-state index in [4.69, 9.17) is 0 Å². The number of benzene rings is 1. The number of aromatic carboxylic acids is 1. The second-order valence-corrected chi connectivity index (χ2v) is 4.80. The fourth-order valence-corrected chi connectivity index (χ4v) is 2.39. The van der Waals surface area contributed by atoms with Gasteiger partial charge in [0, 0.05) is 26.2 Å². The molecule has 0 atom stereocenters. The molecule has 0 spiro atoms. The van der Waals surface area contributed by atoms with E-state index in [1.54, 1.807) is 30.9 Å². The number of carbonyl (C=O) groups excluding carboxylic acids is 1. The standard InChI is InChI=1S/C14H18N2O3/c1-9-3-4-10(2)12(14(18)19)11(9)13(17)16-7-5-15-6-8-16/h3-4,15H,5-8H2,1-2H3,(H,18,19). The van der Waals surface area contributed by atoms with Gasteiger partial charge in [0.2, 0.25) is 0 Å². The number of carboxylic acids is 1. The van der Waals surface area contributed by atoms with E-state index >= 15 is 0 Å². The second-order valence-electron chi connectivity index (χ2n) is 4.80. The first-order valence-corrected chi connectivity index (χ1v) is 6.36. The van der Waals surface area contributed by atoms with Crippen LogP contribution in [0.5, 0.6) is 0 Å². The molecule has 2 rings (SSSR count). The van der Waals surface area contributed by atoms with Crippen molar-refractivity contribution >= 4 is 11.9 Å². The Morgan fingerprint density at radius 2 is 1.63 bits per heavy atom. The minimum absolute atomic E-state index is 0.128. The molecule has 1 aliphatic heterocycles. The first-order valence-electron chi connectivity index (χ1n) is 6.36. The summed E-state index contributed by atoms with van der Waals surface area (Å²) in [4.78, 5) is 25.6. The van der Waals surface area contributed by atoms with Gasteiger partial charge in [0.05, 0.1) is 11.1 Å². The number of amides is 1. The number of hydrogen-bond acceptors (Lipinski definition) is 3. The van der Waals surface area contributed by atoms with Gasteiger partial charge in [-0.1, -0.05) is 12.1 Å². The maximum Gasteiger partial charge on any atom is 0.336 e. The molecule has 1 amide bonds. The van der Waals surface area contributed by atoms with Crippen LogP contribution in [0.1, 0.15) is 31.8 Å². The minimum atomic E-state index is -1.04. The maximum absolute atomic E-state index is 12.5. The van der Waals surface area contributed by atoms with Crippen LogP contribution in [0.25, 0.3) is 0 Å². The van der Waals surface area contributed by atoms with Crippen LogP contribution in [0, 0.1) is 13.8 Å². The Balaban J connectivity index is 2.45. The lowest BCUT2D eigenvalue weighted by Gasteiger charge is -2.28. The summed E-state index contributed by atoms with van der Waals surface area (Å²) < 4.78 is 0. The van der Waals surface area contributed by atoms with Crippen molar-refractivity contribution in [1.82, 2.24) is 10.2 Å². The molecule has 1 aromatic carbocycles. The highest BCUT2D eigenvalue weighted by Crippen LogP contribution is 2.21. The molecule has 19 heavy (non-hydrogen) atoms. The predicted octanol–water partition coefficient (Wildman–Crippen LogP) is 1.05. The molecule has 1 aliphatic rings. The van der Waals surface area contributed by atoms with Gasteiger partial charge in [-0.3, -0.25) is 4.79 Å². The third-order valence-electron chi connectivity index (χ3n) is 3.45. The van der Waals surface area contributed by atoms with Crippen LogP contribution in [0.2, 0.25) is 0 Å². The maximum atomic E-state index is 12.5. The van der Waals surface area contributed by atoms with E-state index < -0.39 is 5.97 Å². The summed E-state index contributed by atoms with van der Waals surface area (Å²) in [5.74, 6) is -1.22. The Kier molecular flexibility index (Phi) is 3.85. The topological polar surface area (TPSA) is 69.6 Å². The Hall–Kier alpha value is -1.88. The molecular formula is C14H18N2O3. The highest BCUT2D eigenvalue weighted by molar-refractivity contribution is 6.06. The van der Waals surface area contributed by atoms with Gasteiger partial charge in [-0.2, -0.15) is 0 Å². The Labute approximate surface area is 112 Å². The molecule has 0 aliphatic carbocycles. The highest BCUT2D eigenvalue weighted by Gasteiger charge is 2.26. The first-order chi connectivity index (χ1) is 9.02. The van der Waals surface area contributed by atoms with Gasteiger partial charge in [0.1, 0.15) is 0 Å². The van der Waals surface area contributed by atoms with Crippen LogP contribution in [0.15, 0.2) is 12.1 Å². The van der Waals surface area contributed by atoms with E-state index in [0.29, 0.717) is 29.8 Å².